The van der Waals surface area contributed by atoms with Gasteiger partial charge in [0.25, 0.3) is 0 Å². The minimum Gasteiger partial charge on any atom is -0.457 e. The van der Waals surface area contributed by atoms with Crippen molar-refractivity contribution in [2.75, 3.05) is 13.2 Å². The minimum atomic E-state index is -0.559. The zero-order chi connectivity index (χ0) is 16.6. The zero-order valence-corrected chi connectivity index (χ0v) is 14.2. The molecule has 0 amide bonds. The topological polar surface area (TPSA) is 44.8 Å². The molecule has 4 atom stereocenters. The molecule has 3 aliphatic carbocycles. The maximum Gasteiger partial charge on any atom is 0.310 e. The smallest absolute Gasteiger partial charge is 0.310 e. The number of carbonyl (C=O) groups excluding carboxylic acids is 1. The van der Waals surface area contributed by atoms with Crippen molar-refractivity contribution >= 4 is 5.97 Å². The predicted octanol–water partition coefficient (Wildman–Crippen LogP) is 2.89. The number of esters is 1. The van der Waals surface area contributed by atoms with E-state index >= 15 is 0 Å². The Labute approximate surface area is 147 Å². The summed E-state index contributed by atoms with van der Waals surface area (Å²) >= 11 is 0. The number of rotatable bonds is 0. The van der Waals surface area contributed by atoms with Gasteiger partial charge in [-0.3, -0.25) is 4.79 Å². The van der Waals surface area contributed by atoms with E-state index in [1.807, 2.05) is 0 Å². The molecule has 1 unspecified atom stereocenters. The molecule has 6 rings (SSSR count). The highest BCUT2D eigenvalue weighted by atomic mass is 16.7. The van der Waals surface area contributed by atoms with E-state index in [0.717, 1.165) is 25.7 Å². The normalized spacial score (nSPS) is 39.7. The van der Waals surface area contributed by atoms with Gasteiger partial charge in [-0.2, -0.15) is 0 Å². The van der Waals surface area contributed by atoms with Gasteiger partial charge in [0.05, 0.1) is 19.1 Å². The molecule has 130 valence electrons. The van der Waals surface area contributed by atoms with Gasteiger partial charge in [0.2, 0.25) is 0 Å². The molecule has 1 saturated carbocycles. The van der Waals surface area contributed by atoms with Gasteiger partial charge in [0, 0.05) is 24.7 Å². The molecule has 0 aromatic heterocycles. The highest BCUT2D eigenvalue weighted by Gasteiger charge is 2.67. The molecule has 2 saturated heterocycles. The van der Waals surface area contributed by atoms with Crippen molar-refractivity contribution in [2.24, 2.45) is 11.8 Å². The average molecular weight is 338 g/mol. The largest absolute Gasteiger partial charge is 0.457 e. The van der Waals surface area contributed by atoms with Gasteiger partial charge in [0.15, 0.2) is 5.79 Å². The van der Waals surface area contributed by atoms with Gasteiger partial charge in [-0.25, -0.2) is 0 Å². The van der Waals surface area contributed by atoms with Gasteiger partial charge in [-0.05, 0) is 36.0 Å². The van der Waals surface area contributed by atoms with Crippen LogP contribution in [0.5, 0.6) is 0 Å². The molecule has 0 N–H and O–H groups in total. The van der Waals surface area contributed by atoms with Gasteiger partial charge < -0.3 is 14.2 Å². The lowest BCUT2D eigenvalue weighted by Crippen LogP contribution is -2.54. The standard InChI is InChI=1S/C21H22O4/c22-19-15-11-14-5-1-3-13-4-2-6-17(18(13)14)21(25-19)12-20(8-7-16(15)21)23-9-10-24-20/h1-3,5-6,15-17H,4,7-12H2/t15-,16-,17?,21-/m0/s1. The highest BCUT2D eigenvalue weighted by Crippen LogP contribution is 2.61. The number of allylic oxidation sites excluding steroid dienone is 1. The van der Waals surface area contributed by atoms with Crippen LogP contribution in [0.2, 0.25) is 0 Å². The molecule has 3 fully saturated rings. The molecule has 5 aliphatic rings. The van der Waals surface area contributed by atoms with Crippen LogP contribution < -0.4 is 0 Å². The monoisotopic (exact) mass is 338 g/mol. The lowest BCUT2D eigenvalue weighted by molar-refractivity contribution is -0.229. The first-order valence-electron chi connectivity index (χ1n) is 9.49. The van der Waals surface area contributed by atoms with Gasteiger partial charge in [0.1, 0.15) is 5.60 Å². The quantitative estimate of drug-likeness (QED) is 0.539. The fourth-order valence-electron chi connectivity index (χ4n) is 6.21. The van der Waals surface area contributed by atoms with Crippen LogP contribution in [0.3, 0.4) is 0 Å². The Hall–Kier alpha value is -1.65. The summed E-state index contributed by atoms with van der Waals surface area (Å²) < 4.78 is 18.3. The SMILES string of the molecule is O=C1O[C@@]23CC4(CC[C@H]2[C@@H]1Cc1cccc2c1C3C=CC2)OCCO4. The Morgan fingerprint density at radius 1 is 1.12 bits per heavy atom. The van der Waals surface area contributed by atoms with E-state index in [2.05, 4.69) is 30.4 Å². The Kier molecular flexibility index (Phi) is 2.75. The van der Waals surface area contributed by atoms with Gasteiger partial charge in [-0.15, -0.1) is 0 Å². The molecule has 1 spiro atoms. The molecular weight excluding hydrogens is 316 g/mol. The molecule has 2 aliphatic heterocycles. The molecule has 2 heterocycles. The molecule has 4 nitrogen and oxygen atoms in total. The summed E-state index contributed by atoms with van der Waals surface area (Å²) in [6, 6.07) is 6.57. The molecule has 0 radical (unpaired) electrons. The number of ether oxygens (including phenoxy) is 3. The summed E-state index contributed by atoms with van der Waals surface area (Å²) in [7, 11) is 0. The number of hydrogen-bond acceptors (Lipinski definition) is 4. The third-order valence-electron chi connectivity index (χ3n) is 7.13. The first-order chi connectivity index (χ1) is 12.2. The summed E-state index contributed by atoms with van der Waals surface area (Å²) in [4.78, 5) is 12.8. The van der Waals surface area contributed by atoms with Crippen LogP contribution in [0.25, 0.3) is 0 Å². The third kappa shape index (κ3) is 1.77. The Bertz CT molecular complexity index is 791. The van der Waals surface area contributed by atoms with Crippen LogP contribution in [-0.4, -0.2) is 30.6 Å². The van der Waals surface area contributed by atoms with E-state index in [4.69, 9.17) is 14.2 Å². The second kappa shape index (κ2) is 4.74. The second-order valence-electron chi connectivity index (χ2n) is 8.22. The van der Waals surface area contributed by atoms with Crippen molar-refractivity contribution in [2.45, 2.75) is 49.4 Å². The summed E-state index contributed by atoms with van der Waals surface area (Å²) in [5.74, 6) is -0.222. The van der Waals surface area contributed by atoms with Crippen molar-refractivity contribution in [1.29, 1.82) is 0 Å². The van der Waals surface area contributed by atoms with Crippen LogP contribution >= 0.6 is 0 Å². The van der Waals surface area contributed by atoms with E-state index in [-0.39, 0.29) is 23.7 Å². The summed E-state index contributed by atoms with van der Waals surface area (Å²) in [6.45, 7) is 1.28. The van der Waals surface area contributed by atoms with Crippen LogP contribution in [0, 0.1) is 11.8 Å². The molecule has 2 bridgehead atoms. The number of carbonyl (C=O) groups is 1. The van der Waals surface area contributed by atoms with E-state index in [1.165, 1.54) is 16.7 Å². The van der Waals surface area contributed by atoms with E-state index in [0.29, 0.717) is 19.6 Å². The lowest BCUT2D eigenvalue weighted by Gasteiger charge is -2.49. The average Bonchev–Trinajstić information content (AvgIpc) is 3.14. The number of hydrogen-bond donors (Lipinski definition) is 0. The van der Waals surface area contributed by atoms with Crippen molar-refractivity contribution in [3.05, 3.63) is 47.0 Å². The summed E-state index contributed by atoms with van der Waals surface area (Å²) in [6.07, 6.45) is 8.77. The third-order valence-corrected chi connectivity index (χ3v) is 7.13. The van der Waals surface area contributed by atoms with Crippen molar-refractivity contribution in [3.63, 3.8) is 0 Å². The van der Waals surface area contributed by atoms with E-state index in [1.54, 1.807) is 0 Å². The fourth-order valence-corrected chi connectivity index (χ4v) is 6.21. The maximum atomic E-state index is 12.8. The van der Waals surface area contributed by atoms with Crippen molar-refractivity contribution in [3.8, 4) is 0 Å². The Balaban J connectivity index is 1.57. The van der Waals surface area contributed by atoms with Gasteiger partial charge >= 0.3 is 5.97 Å². The predicted molar refractivity (Wildman–Crippen MR) is 90.0 cm³/mol. The first-order valence-corrected chi connectivity index (χ1v) is 9.49. The first kappa shape index (κ1) is 14.5. The Morgan fingerprint density at radius 2 is 1.96 bits per heavy atom. The van der Waals surface area contributed by atoms with E-state index in [9.17, 15) is 4.79 Å². The van der Waals surface area contributed by atoms with Gasteiger partial charge in [-0.1, -0.05) is 30.4 Å². The van der Waals surface area contributed by atoms with E-state index < -0.39 is 11.4 Å². The lowest BCUT2D eigenvalue weighted by atomic mass is 9.62. The van der Waals surface area contributed by atoms with Crippen LogP contribution in [0.1, 0.15) is 41.9 Å². The van der Waals surface area contributed by atoms with Crippen LogP contribution in [0.4, 0.5) is 0 Å². The van der Waals surface area contributed by atoms with Crippen molar-refractivity contribution in [1.82, 2.24) is 0 Å². The van der Waals surface area contributed by atoms with Crippen LogP contribution in [-0.2, 0) is 31.8 Å². The molecular formula is C21H22O4. The summed E-state index contributed by atoms with van der Waals surface area (Å²) in [5.41, 5.74) is 3.61. The fraction of sp³-hybridized carbons (Fsp3) is 0.571. The Morgan fingerprint density at radius 3 is 2.84 bits per heavy atom. The second-order valence-corrected chi connectivity index (χ2v) is 8.22. The van der Waals surface area contributed by atoms with Crippen molar-refractivity contribution < 1.29 is 19.0 Å². The number of benzene rings is 1. The van der Waals surface area contributed by atoms with Crippen LogP contribution in [0.15, 0.2) is 30.4 Å². The zero-order valence-electron chi connectivity index (χ0n) is 14.2. The highest BCUT2D eigenvalue weighted by molar-refractivity contribution is 5.78. The summed E-state index contributed by atoms with van der Waals surface area (Å²) in [5, 5.41) is 0. The minimum absolute atomic E-state index is 0.0185. The maximum absolute atomic E-state index is 12.8. The molecule has 1 aromatic rings. The molecule has 4 heteroatoms. The molecule has 1 aromatic carbocycles. The molecule has 25 heavy (non-hydrogen) atoms.